The Hall–Kier alpha value is -1.36. The van der Waals surface area contributed by atoms with Gasteiger partial charge < -0.3 is 19.8 Å². The second-order valence-electron chi connectivity index (χ2n) is 5.48. The van der Waals surface area contributed by atoms with E-state index in [1.54, 1.807) is 36.4 Å². The third-order valence-electron chi connectivity index (χ3n) is 3.40. The summed E-state index contributed by atoms with van der Waals surface area (Å²) in [6.45, 7) is 4.12. The number of hydrogen-bond acceptors (Lipinski definition) is 4. The number of aryl methyl sites for hydroxylation is 2. The first kappa shape index (κ1) is 23.6. The number of benzene rings is 2. The fourth-order valence-corrected chi connectivity index (χ4v) is 2.28. The van der Waals surface area contributed by atoms with Crippen LogP contribution >= 0.6 is 0 Å². The Kier molecular flexibility index (Phi) is 12.2. The average molecular weight is 366 g/mol. The second kappa shape index (κ2) is 12.9. The summed E-state index contributed by atoms with van der Waals surface area (Å²) in [6, 6.07) is 13.8. The summed E-state index contributed by atoms with van der Waals surface area (Å²) in [5.74, 6) is -2.21. The predicted octanol–water partition coefficient (Wildman–Crippen LogP) is 1.62. The van der Waals surface area contributed by atoms with E-state index in [0.29, 0.717) is 0 Å². The summed E-state index contributed by atoms with van der Waals surface area (Å²) in [6.07, 6.45) is 3.88. The maximum absolute atomic E-state index is 10.4. The van der Waals surface area contributed by atoms with Gasteiger partial charge in [-0.05, 0) is 47.2 Å². The molecule has 0 aromatic heterocycles. The number of carboxylic acid groups (broad SMARTS) is 2. The van der Waals surface area contributed by atoms with Crippen LogP contribution in [0.3, 0.4) is 0 Å². The van der Waals surface area contributed by atoms with E-state index < -0.39 is 11.9 Å². The number of carbonyl (C=O) groups is 2. The van der Waals surface area contributed by atoms with Crippen molar-refractivity contribution in [1.29, 1.82) is 0 Å². The monoisotopic (exact) mass is 366 g/mol. The van der Waals surface area contributed by atoms with E-state index in [1.807, 2.05) is 12.1 Å². The van der Waals surface area contributed by atoms with E-state index in [9.17, 15) is 19.8 Å². The van der Waals surface area contributed by atoms with Crippen LogP contribution in [0.4, 0.5) is 0 Å². The van der Waals surface area contributed by atoms with Crippen molar-refractivity contribution in [3.8, 4) is 0 Å². The van der Waals surface area contributed by atoms with Gasteiger partial charge in [0.25, 0.3) is 0 Å². The molecule has 0 fully saturated rings. The molecule has 0 saturated heterocycles. The summed E-state index contributed by atoms with van der Waals surface area (Å²) in [5, 5.41) is 20.9. The average Bonchev–Trinajstić information content (AvgIpc) is 2.56. The number of carbonyl (C=O) groups excluding carboxylic acids is 2. The Labute approximate surface area is 178 Å². The van der Waals surface area contributed by atoms with Crippen molar-refractivity contribution in [1.82, 2.24) is 0 Å². The van der Waals surface area contributed by atoms with Crippen molar-refractivity contribution in [2.45, 2.75) is 39.5 Å². The van der Waals surface area contributed by atoms with Crippen LogP contribution in [0, 0.1) is 0 Å². The fourth-order valence-electron chi connectivity index (χ4n) is 2.28. The molecule has 0 aliphatic heterocycles. The first-order valence-electron chi connectivity index (χ1n) is 8.08. The van der Waals surface area contributed by atoms with Gasteiger partial charge in [0, 0.05) is 0 Å². The molecule has 0 amide bonds. The molecule has 0 bridgehead atoms. The number of aromatic carboxylic acids is 2. The molecular weight excluding hydrogens is 344 g/mol. The van der Waals surface area contributed by atoms with E-state index in [-0.39, 0.29) is 48.9 Å². The third-order valence-corrected chi connectivity index (χ3v) is 3.40. The van der Waals surface area contributed by atoms with Crippen LogP contribution in [0.2, 0.25) is 0 Å². The maximum Gasteiger partial charge on any atom is 2.00 e. The van der Waals surface area contributed by atoms with Crippen LogP contribution in [0.5, 0.6) is 0 Å². The van der Waals surface area contributed by atoms with E-state index in [4.69, 9.17) is 0 Å². The molecule has 0 spiro atoms. The SMILES string of the molecule is CCCc1cccc(C(=O)[O-])c1.CCCc1cccc(C(=O)[O-])c1.[Ca+2]. The van der Waals surface area contributed by atoms with Gasteiger partial charge in [-0.3, -0.25) is 0 Å². The normalized spacial score (nSPS) is 9.36. The molecule has 0 radical (unpaired) electrons. The quantitative estimate of drug-likeness (QED) is 0.728. The summed E-state index contributed by atoms with van der Waals surface area (Å²) in [7, 11) is 0. The van der Waals surface area contributed by atoms with Crippen LogP contribution < -0.4 is 10.2 Å². The molecule has 0 N–H and O–H groups in total. The molecule has 0 heterocycles. The molecule has 0 aliphatic carbocycles. The van der Waals surface area contributed by atoms with Gasteiger partial charge in [0.15, 0.2) is 0 Å². The Morgan fingerprint density at radius 3 is 1.40 bits per heavy atom. The molecule has 2 aromatic rings. The van der Waals surface area contributed by atoms with Gasteiger partial charge in [-0.25, -0.2) is 0 Å². The fraction of sp³-hybridized carbons (Fsp3) is 0.300. The van der Waals surface area contributed by atoms with Gasteiger partial charge in [-0.2, -0.15) is 0 Å². The van der Waals surface area contributed by atoms with Crippen molar-refractivity contribution >= 4 is 49.7 Å². The molecule has 0 unspecified atom stereocenters. The summed E-state index contributed by atoms with van der Waals surface area (Å²) < 4.78 is 0. The minimum Gasteiger partial charge on any atom is -0.545 e. The number of hydrogen-bond donors (Lipinski definition) is 0. The smallest absolute Gasteiger partial charge is 0.545 e. The van der Waals surface area contributed by atoms with Gasteiger partial charge in [0.1, 0.15) is 0 Å². The zero-order valence-corrected chi connectivity index (χ0v) is 17.0. The minimum atomic E-state index is -1.10. The van der Waals surface area contributed by atoms with E-state index >= 15 is 0 Å². The zero-order chi connectivity index (χ0) is 17.9. The Bertz CT molecular complexity index is 623. The largest absolute Gasteiger partial charge is 2.00 e. The summed E-state index contributed by atoms with van der Waals surface area (Å²) in [5.41, 5.74) is 2.64. The van der Waals surface area contributed by atoms with Gasteiger partial charge in [0.05, 0.1) is 11.9 Å². The standard InChI is InChI=1S/2C10H12O2.Ca/c2*1-2-4-8-5-3-6-9(7-8)10(11)12;/h2*3,5-7H,2,4H2,1H3,(H,11,12);/q;;+2/p-2. The van der Waals surface area contributed by atoms with Crippen LogP contribution in [-0.4, -0.2) is 49.7 Å². The Morgan fingerprint density at radius 2 is 1.12 bits per heavy atom. The predicted molar refractivity (Wildman–Crippen MR) is 95.3 cm³/mol. The molecule has 2 aromatic carbocycles. The topological polar surface area (TPSA) is 80.3 Å². The molecule has 0 atom stereocenters. The second-order valence-corrected chi connectivity index (χ2v) is 5.48. The van der Waals surface area contributed by atoms with Gasteiger partial charge >= 0.3 is 37.7 Å². The Balaban J connectivity index is 0.000000443. The van der Waals surface area contributed by atoms with E-state index in [2.05, 4.69) is 13.8 Å². The zero-order valence-electron chi connectivity index (χ0n) is 14.8. The van der Waals surface area contributed by atoms with Crippen molar-refractivity contribution < 1.29 is 19.8 Å². The minimum absolute atomic E-state index is 0. The van der Waals surface area contributed by atoms with Crippen molar-refractivity contribution in [2.24, 2.45) is 0 Å². The van der Waals surface area contributed by atoms with Crippen molar-refractivity contribution in [3.63, 3.8) is 0 Å². The van der Waals surface area contributed by atoms with Crippen LogP contribution in [0.15, 0.2) is 48.5 Å². The molecule has 0 aliphatic rings. The van der Waals surface area contributed by atoms with Gasteiger partial charge in [-0.1, -0.05) is 63.1 Å². The van der Waals surface area contributed by atoms with Gasteiger partial charge in [-0.15, -0.1) is 0 Å². The molecule has 2 rings (SSSR count). The third kappa shape index (κ3) is 9.05. The van der Waals surface area contributed by atoms with Crippen LogP contribution in [-0.2, 0) is 12.8 Å². The first-order chi connectivity index (χ1) is 11.5. The molecule has 128 valence electrons. The molecular formula is C20H22CaO4. The van der Waals surface area contributed by atoms with E-state index in [0.717, 1.165) is 36.8 Å². The van der Waals surface area contributed by atoms with Gasteiger partial charge in [0.2, 0.25) is 0 Å². The Morgan fingerprint density at radius 1 is 0.760 bits per heavy atom. The van der Waals surface area contributed by atoms with Crippen LogP contribution in [0.25, 0.3) is 0 Å². The van der Waals surface area contributed by atoms with Crippen molar-refractivity contribution in [3.05, 3.63) is 70.8 Å². The van der Waals surface area contributed by atoms with Crippen LogP contribution in [0.1, 0.15) is 58.5 Å². The number of rotatable bonds is 6. The molecule has 25 heavy (non-hydrogen) atoms. The molecule has 4 nitrogen and oxygen atoms in total. The maximum atomic E-state index is 10.4. The van der Waals surface area contributed by atoms with E-state index in [1.165, 1.54) is 0 Å². The number of carboxylic acids is 2. The summed E-state index contributed by atoms with van der Waals surface area (Å²) >= 11 is 0. The summed E-state index contributed by atoms with van der Waals surface area (Å²) in [4.78, 5) is 20.9. The molecule has 5 heteroatoms. The van der Waals surface area contributed by atoms with Crippen molar-refractivity contribution in [2.75, 3.05) is 0 Å². The molecule has 0 saturated carbocycles. The first-order valence-corrected chi connectivity index (χ1v) is 8.08.